The molecule has 0 aliphatic carbocycles. The third-order valence-corrected chi connectivity index (χ3v) is 3.45. The van der Waals surface area contributed by atoms with Gasteiger partial charge >= 0.3 is 0 Å². The molecule has 2 nitrogen and oxygen atoms in total. The molecule has 0 radical (unpaired) electrons. The molecule has 0 aliphatic rings. The average molecular weight is 355 g/mol. The van der Waals surface area contributed by atoms with Crippen molar-refractivity contribution in [3.8, 4) is 0 Å². The third kappa shape index (κ3) is 5.79. The predicted molar refractivity (Wildman–Crippen MR) is 82.9 cm³/mol. The average Bonchev–Trinajstić information content (AvgIpc) is 2.25. The van der Waals surface area contributed by atoms with E-state index in [-0.39, 0.29) is 0 Å². The van der Waals surface area contributed by atoms with E-state index in [1.165, 1.54) is 0 Å². The Balaban J connectivity index is 2.31. The highest BCUT2D eigenvalue weighted by Crippen LogP contribution is 2.33. The first-order chi connectivity index (χ1) is 8.50. The zero-order chi connectivity index (χ0) is 13.5. The minimum atomic E-state index is 0.608. The lowest BCUT2D eigenvalue weighted by atomic mass is 10.1. The van der Waals surface area contributed by atoms with E-state index >= 15 is 0 Å². The van der Waals surface area contributed by atoms with E-state index in [1.54, 1.807) is 0 Å². The van der Waals surface area contributed by atoms with E-state index in [0.29, 0.717) is 29.1 Å². The fraction of sp³-hybridized carbons (Fsp3) is 0.538. The van der Waals surface area contributed by atoms with Gasteiger partial charge in [0, 0.05) is 17.6 Å². The molecule has 0 fully saturated rings. The lowest BCUT2D eigenvalue weighted by Crippen LogP contribution is -2.11. The second-order valence-electron chi connectivity index (χ2n) is 4.47. The second kappa shape index (κ2) is 8.26. The lowest BCUT2D eigenvalue weighted by molar-refractivity contribution is 0.132. The van der Waals surface area contributed by atoms with Crippen molar-refractivity contribution in [3.05, 3.63) is 26.7 Å². The molecule has 0 aromatic heterocycles. The maximum absolute atomic E-state index is 6.10. The molecule has 5 heteroatoms. The molecule has 1 N–H and O–H groups in total. The summed E-state index contributed by atoms with van der Waals surface area (Å²) in [7, 11) is 0. The number of rotatable bonds is 7. The van der Waals surface area contributed by atoms with Crippen LogP contribution in [0.4, 0.5) is 5.69 Å². The van der Waals surface area contributed by atoms with Crippen molar-refractivity contribution >= 4 is 44.8 Å². The lowest BCUT2D eigenvalue weighted by Gasteiger charge is -2.11. The first kappa shape index (κ1) is 16.1. The molecule has 0 saturated carbocycles. The number of hydrogen-bond donors (Lipinski definition) is 1. The van der Waals surface area contributed by atoms with Gasteiger partial charge in [0.25, 0.3) is 0 Å². The fourth-order valence-electron chi connectivity index (χ4n) is 1.38. The third-order valence-electron chi connectivity index (χ3n) is 2.39. The van der Waals surface area contributed by atoms with Gasteiger partial charge < -0.3 is 10.1 Å². The van der Waals surface area contributed by atoms with Crippen LogP contribution in [0, 0.1) is 5.92 Å². The molecule has 102 valence electrons. The first-order valence-electron chi connectivity index (χ1n) is 5.97. The molecule has 0 bridgehead atoms. The van der Waals surface area contributed by atoms with Gasteiger partial charge in [0.15, 0.2) is 0 Å². The van der Waals surface area contributed by atoms with Crippen LogP contribution in [0.2, 0.25) is 10.0 Å². The zero-order valence-electron chi connectivity index (χ0n) is 10.6. The van der Waals surface area contributed by atoms with Crippen molar-refractivity contribution < 1.29 is 4.74 Å². The number of benzene rings is 1. The summed E-state index contributed by atoms with van der Waals surface area (Å²) in [6.07, 6.45) is 1.08. The molecule has 1 rings (SSSR count). The van der Waals surface area contributed by atoms with Gasteiger partial charge in [-0.25, -0.2) is 0 Å². The molecule has 0 unspecified atom stereocenters. The monoisotopic (exact) mass is 353 g/mol. The summed E-state index contributed by atoms with van der Waals surface area (Å²) < 4.78 is 6.38. The molecule has 18 heavy (non-hydrogen) atoms. The second-order valence-corrected chi connectivity index (χ2v) is 6.20. The van der Waals surface area contributed by atoms with E-state index in [2.05, 4.69) is 35.1 Å². The maximum atomic E-state index is 6.10. The molecule has 0 heterocycles. The molecule has 0 amide bonds. The van der Waals surface area contributed by atoms with Gasteiger partial charge in [-0.1, -0.05) is 53.0 Å². The molecule has 1 aromatic rings. The Bertz CT molecular complexity index is 362. The van der Waals surface area contributed by atoms with Crippen LogP contribution in [0.5, 0.6) is 0 Å². The molecule has 1 aromatic carbocycles. The summed E-state index contributed by atoms with van der Waals surface area (Å²) in [4.78, 5) is 0. The van der Waals surface area contributed by atoms with Crippen LogP contribution in [-0.2, 0) is 4.74 Å². The van der Waals surface area contributed by atoms with Crippen molar-refractivity contribution in [2.45, 2.75) is 20.3 Å². The van der Waals surface area contributed by atoms with Gasteiger partial charge in [-0.3, -0.25) is 0 Å². The zero-order valence-corrected chi connectivity index (χ0v) is 13.7. The Morgan fingerprint density at radius 3 is 2.39 bits per heavy atom. The van der Waals surface area contributed by atoms with Crippen LogP contribution < -0.4 is 5.32 Å². The highest BCUT2D eigenvalue weighted by molar-refractivity contribution is 9.10. The standard InChI is InChI=1S/C13H18BrCl2NO/c1-9(2)3-5-18-6-4-17-13-11(15)7-10(14)8-12(13)16/h7-9,17H,3-6H2,1-2H3. The fourth-order valence-corrected chi connectivity index (χ4v) is 2.72. The Kier molecular flexibility index (Phi) is 7.38. The van der Waals surface area contributed by atoms with E-state index in [1.807, 2.05) is 12.1 Å². The Labute approximate surface area is 127 Å². The van der Waals surface area contributed by atoms with Crippen LogP contribution in [0.3, 0.4) is 0 Å². The van der Waals surface area contributed by atoms with Crippen LogP contribution in [0.25, 0.3) is 0 Å². The van der Waals surface area contributed by atoms with E-state index in [9.17, 15) is 0 Å². The number of anilines is 1. The largest absolute Gasteiger partial charge is 0.380 e. The van der Waals surface area contributed by atoms with Crippen molar-refractivity contribution in [1.29, 1.82) is 0 Å². The summed E-state index contributed by atoms with van der Waals surface area (Å²) in [5.41, 5.74) is 0.758. The normalized spacial score (nSPS) is 11.0. The van der Waals surface area contributed by atoms with Crippen molar-refractivity contribution in [3.63, 3.8) is 0 Å². The predicted octanol–water partition coefficient (Wildman–Crippen LogP) is 5.23. The Morgan fingerprint density at radius 1 is 1.22 bits per heavy atom. The number of nitrogens with one attached hydrogen (secondary N) is 1. The first-order valence-corrected chi connectivity index (χ1v) is 7.51. The Morgan fingerprint density at radius 2 is 1.83 bits per heavy atom. The van der Waals surface area contributed by atoms with Crippen LogP contribution >= 0.6 is 39.1 Å². The summed E-state index contributed by atoms with van der Waals surface area (Å²) >= 11 is 15.5. The van der Waals surface area contributed by atoms with Crippen molar-refractivity contribution in [1.82, 2.24) is 0 Å². The molecule has 0 spiro atoms. The Hall–Kier alpha value is 0.0400. The van der Waals surface area contributed by atoms with Crippen LogP contribution in [0.1, 0.15) is 20.3 Å². The molecular weight excluding hydrogens is 337 g/mol. The SMILES string of the molecule is CC(C)CCOCCNc1c(Cl)cc(Br)cc1Cl. The summed E-state index contributed by atoms with van der Waals surface area (Å²) in [6, 6.07) is 3.63. The number of hydrogen-bond acceptors (Lipinski definition) is 2. The number of halogens is 3. The van der Waals surface area contributed by atoms with Gasteiger partial charge in [-0.2, -0.15) is 0 Å². The number of ether oxygens (including phenoxy) is 1. The van der Waals surface area contributed by atoms with E-state index in [0.717, 1.165) is 23.2 Å². The smallest absolute Gasteiger partial charge is 0.0720 e. The molecule has 0 atom stereocenters. The summed E-state index contributed by atoms with van der Waals surface area (Å²) in [5, 5.41) is 4.40. The molecule has 0 saturated heterocycles. The van der Waals surface area contributed by atoms with Gasteiger partial charge in [-0.15, -0.1) is 0 Å². The summed E-state index contributed by atoms with van der Waals surface area (Å²) in [5.74, 6) is 0.674. The van der Waals surface area contributed by atoms with Gasteiger partial charge in [0.1, 0.15) is 0 Å². The van der Waals surface area contributed by atoms with Gasteiger partial charge in [-0.05, 0) is 24.5 Å². The summed E-state index contributed by atoms with van der Waals surface area (Å²) in [6.45, 7) is 6.50. The van der Waals surface area contributed by atoms with Crippen molar-refractivity contribution in [2.24, 2.45) is 5.92 Å². The topological polar surface area (TPSA) is 21.3 Å². The van der Waals surface area contributed by atoms with E-state index < -0.39 is 0 Å². The van der Waals surface area contributed by atoms with Crippen LogP contribution in [0.15, 0.2) is 16.6 Å². The van der Waals surface area contributed by atoms with E-state index in [4.69, 9.17) is 27.9 Å². The minimum absolute atomic E-state index is 0.608. The minimum Gasteiger partial charge on any atom is -0.380 e. The quantitative estimate of drug-likeness (QED) is 0.677. The van der Waals surface area contributed by atoms with Gasteiger partial charge in [0.2, 0.25) is 0 Å². The van der Waals surface area contributed by atoms with Crippen molar-refractivity contribution in [2.75, 3.05) is 25.1 Å². The van der Waals surface area contributed by atoms with Gasteiger partial charge in [0.05, 0.1) is 22.3 Å². The molecular formula is C13H18BrCl2NO. The maximum Gasteiger partial charge on any atom is 0.0720 e. The highest BCUT2D eigenvalue weighted by atomic mass is 79.9. The highest BCUT2D eigenvalue weighted by Gasteiger charge is 2.06. The molecule has 0 aliphatic heterocycles. The van der Waals surface area contributed by atoms with Crippen LogP contribution in [-0.4, -0.2) is 19.8 Å².